The molecule has 3 aliphatic heterocycles. The van der Waals surface area contributed by atoms with E-state index in [0.29, 0.717) is 37.6 Å². The summed E-state index contributed by atoms with van der Waals surface area (Å²) in [6.07, 6.45) is 8.72. The summed E-state index contributed by atoms with van der Waals surface area (Å²) < 4.78 is 47.2. The summed E-state index contributed by atoms with van der Waals surface area (Å²) in [5, 5.41) is 1.21. The quantitative estimate of drug-likeness (QED) is 0.179. The lowest BCUT2D eigenvalue weighted by Crippen LogP contribution is -2.44. The Morgan fingerprint density at radius 2 is 1.66 bits per heavy atom. The van der Waals surface area contributed by atoms with Gasteiger partial charge in [0.05, 0.1) is 21.1 Å². The highest BCUT2D eigenvalue weighted by atomic mass is 35.5. The van der Waals surface area contributed by atoms with Crippen LogP contribution in [0.1, 0.15) is 77.6 Å². The average Bonchev–Trinajstić information content (AvgIpc) is 3.64. The largest absolute Gasteiger partial charge is 0.444 e. The van der Waals surface area contributed by atoms with Crippen molar-refractivity contribution in [2.24, 2.45) is 4.36 Å². The van der Waals surface area contributed by atoms with Gasteiger partial charge in [0.2, 0.25) is 0 Å². The van der Waals surface area contributed by atoms with Crippen molar-refractivity contribution in [3.63, 3.8) is 0 Å². The van der Waals surface area contributed by atoms with E-state index in [-0.39, 0.29) is 36.7 Å². The molecule has 0 spiro atoms. The maximum Gasteiger partial charge on any atom is 0.442 e. The predicted octanol–water partition coefficient (Wildman–Crippen LogP) is 8.06. The van der Waals surface area contributed by atoms with E-state index >= 15 is 0 Å². The number of nitrogens with zero attached hydrogens (tertiary/aromatic N) is 7. The van der Waals surface area contributed by atoms with Crippen LogP contribution in [0.3, 0.4) is 0 Å². The number of fused-ring (bicyclic) bond motifs is 2. The van der Waals surface area contributed by atoms with Crippen LogP contribution in [0.2, 0.25) is 5.15 Å². The van der Waals surface area contributed by atoms with E-state index in [0.717, 1.165) is 71.7 Å². The van der Waals surface area contributed by atoms with E-state index in [4.69, 9.17) is 25.9 Å². The zero-order chi connectivity index (χ0) is 41.8. The molecule has 2 saturated heterocycles. The number of halogens is 1. The summed E-state index contributed by atoms with van der Waals surface area (Å²) in [6, 6.07) is 13.5. The molecule has 0 aliphatic carbocycles. The number of piperidine rings is 2. The van der Waals surface area contributed by atoms with Gasteiger partial charge in [0.15, 0.2) is 0 Å². The zero-order valence-electron chi connectivity index (χ0n) is 34.0. The Hall–Kier alpha value is -4.48. The fourth-order valence-electron chi connectivity index (χ4n) is 7.60. The maximum absolute atomic E-state index is 12.9. The molecule has 0 bridgehead atoms. The molecule has 2 amide bonds. The number of H-pyrrole nitrogens is 1. The zero-order valence-corrected chi connectivity index (χ0v) is 36.4. The number of pyridine rings is 1. The first kappa shape index (κ1) is 45.6. The highest BCUT2D eigenvalue weighted by molar-refractivity contribution is 7.93. The Labute approximate surface area is 353 Å². The van der Waals surface area contributed by atoms with E-state index in [2.05, 4.69) is 41.0 Å². The third kappa shape index (κ3) is 11.6. The SMILES string of the molecule is C.CC(C)(C)OC(=O)N1CCC(S(C)(=O)=NC(=O)OCc2ccccc2)CC1.C[C@@H]1Cc2ncnc(N3CCC(S(C)(=N)=O)CC3)c2CN1c1cc(Cl)nc2[nH]ccc12. The number of rotatable bonds is 6. The molecule has 1 aromatic carbocycles. The van der Waals surface area contributed by atoms with Crippen LogP contribution in [0.5, 0.6) is 0 Å². The number of likely N-dealkylation sites (tertiary alicyclic amines) is 1. The molecule has 2 fully saturated rings. The lowest BCUT2D eigenvalue weighted by Gasteiger charge is -2.39. The summed E-state index contributed by atoms with van der Waals surface area (Å²) in [6.45, 7) is 10.8. The first-order valence-corrected chi connectivity index (χ1v) is 23.9. The summed E-state index contributed by atoms with van der Waals surface area (Å²) >= 11 is 6.32. The Morgan fingerprint density at radius 1 is 1.00 bits per heavy atom. The van der Waals surface area contributed by atoms with Crippen molar-refractivity contribution in [1.82, 2.24) is 24.8 Å². The third-order valence-corrected chi connectivity index (χ3v) is 14.9. The lowest BCUT2D eigenvalue weighted by molar-refractivity contribution is 0.0218. The van der Waals surface area contributed by atoms with Crippen molar-refractivity contribution < 1.29 is 27.5 Å². The van der Waals surface area contributed by atoms with Gasteiger partial charge >= 0.3 is 12.2 Å². The van der Waals surface area contributed by atoms with Gasteiger partial charge in [0.1, 0.15) is 35.2 Å². The first-order chi connectivity index (χ1) is 27.4. The van der Waals surface area contributed by atoms with Gasteiger partial charge < -0.3 is 29.2 Å². The summed E-state index contributed by atoms with van der Waals surface area (Å²) in [5.41, 5.74) is 4.35. The number of nitrogens with one attached hydrogen (secondary N) is 2. The second kappa shape index (κ2) is 18.8. The molecule has 3 atom stereocenters. The van der Waals surface area contributed by atoms with Crippen molar-refractivity contribution in [3.05, 3.63) is 77.0 Å². The molecule has 18 heteroatoms. The minimum Gasteiger partial charge on any atom is -0.444 e. The van der Waals surface area contributed by atoms with E-state index in [1.807, 2.05) is 69.4 Å². The third-order valence-electron chi connectivity index (χ3n) is 10.7. The van der Waals surface area contributed by atoms with Gasteiger partial charge in [-0.15, -0.1) is 4.36 Å². The van der Waals surface area contributed by atoms with Crippen molar-refractivity contribution in [2.45, 2.75) is 103 Å². The minimum absolute atomic E-state index is 0. The molecule has 2 unspecified atom stereocenters. The Balaban J connectivity index is 0.000000223. The van der Waals surface area contributed by atoms with Crippen LogP contribution in [-0.4, -0.2) is 106 Å². The van der Waals surface area contributed by atoms with Crippen LogP contribution in [0.4, 0.5) is 21.1 Å². The molecule has 322 valence electrons. The molecular formula is C41H58ClN9O6S2. The highest BCUT2D eigenvalue weighted by Gasteiger charge is 2.33. The molecule has 59 heavy (non-hydrogen) atoms. The van der Waals surface area contributed by atoms with Gasteiger partial charge in [0, 0.05) is 95.1 Å². The van der Waals surface area contributed by atoms with Gasteiger partial charge in [-0.05, 0) is 71.1 Å². The van der Waals surface area contributed by atoms with Crippen LogP contribution < -0.4 is 9.80 Å². The maximum atomic E-state index is 12.9. The van der Waals surface area contributed by atoms with E-state index in [1.54, 1.807) is 17.5 Å². The number of ether oxygens (including phenoxy) is 2. The van der Waals surface area contributed by atoms with Crippen LogP contribution in [0, 0.1) is 4.78 Å². The molecule has 0 saturated carbocycles. The van der Waals surface area contributed by atoms with Crippen LogP contribution in [0.15, 0.2) is 59.4 Å². The molecule has 0 radical (unpaired) electrons. The molecule has 15 nitrogen and oxygen atoms in total. The Morgan fingerprint density at radius 3 is 2.31 bits per heavy atom. The molecule has 6 heterocycles. The second-order valence-electron chi connectivity index (χ2n) is 16.3. The average molecular weight is 873 g/mol. The van der Waals surface area contributed by atoms with Gasteiger partial charge in [-0.3, -0.25) is 4.78 Å². The number of hydrogen-bond donors (Lipinski definition) is 2. The smallest absolute Gasteiger partial charge is 0.442 e. The molecule has 2 N–H and O–H groups in total. The number of aromatic nitrogens is 4. The standard InChI is InChI=1S/C21H26ClN7OS.C19H28N2O5S.CH4/c1-13-9-17-16(11-29(13)18-10-19(22)27-20-15(18)3-6-24-20)21(26-12-25-17)28-7-4-14(5-8-28)31(2,23)30;1-19(2,3)26-18(23)21-12-10-16(11-13-21)27(4,24)20-17(22)25-14-15-8-6-5-7-9-15;/h3,6,10,12-14,23H,4-5,7-9,11H2,1-2H3,(H,24,27);5-9,16H,10-14H2,1-4H3;1H4/t13-,31?;;/m1../s1. The van der Waals surface area contributed by atoms with Crippen molar-refractivity contribution in [1.29, 1.82) is 4.78 Å². The van der Waals surface area contributed by atoms with Crippen LogP contribution in [0.25, 0.3) is 11.0 Å². The van der Waals surface area contributed by atoms with E-state index < -0.39 is 31.2 Å². The molecule has 3 aromatic heterocycles. The Kier molecular flexibility index (Phi) is 14.6. The first-order valence-electron chi connectivity index (χ1n) is 19.5. The van der Waals surface area contributed by atoms with Crippen molar-refractivity contribution in [3.8, 4) is 0 Å². The number of carbonyl (C=O) groups is 2. The van der Waals surface area contributed by atoms with Gasteiger partial charge in [-0.1, -0.05) is 49.4 Å². The monoisotopic (exact) mass is 871 g/mol. The molecule has 4 aromatic rings. The molecule has 3 aliphatic rings. The fraction of sp³-hybridized carbons (Fsp3) is 0.537. The number of carbonyl (C=O) groups excluding carboxylic acids is 2. The summed E-state index contributed by atoms with van der Waals surface area (Å²) in [7, 11) is -5.26. The lowest BCUT2D eigenvalue weighted by atomic mass is 9.98. The Bertz CT molecular complexity index is 2330. The normalized spacial score (nSPS) is 19.6. The van der Waals surface area contributed by atoms with Gasteiger partial charge in [-0.25, -0.2) is 33.0 Å². The van der Waals surface area contributed by atoms with Crippen molar-refractivity contribution in [2.75, 3.05) is 48.5 Å². The summed E-state index contributed by atoms with van der Waals surface area (Å²) in [4.78, 5) is 47.1. The van der Waals surface area contributed by atoms with Gasteiger partial charge in [0.25, 0.3) is 0 Å². The number of anilines is 2. The van der Waals surface area contributed by atoms with Crippen LogP contribution in [-0.2, 0) is 48.5 Å². The predicted molar refractivity (Wildman–Crippen MR) is 235 cm³/mol. The fourth-order valence-corrected chi connectivity index (χ4v) is 10.5. The number of benzene rings is 1. The number of amides is 2. The topological polar surface area (TPSA) is 187 Å². The second-order valence-corrected chi connectivity index (χ2v) is 21.7. The van der Waals surface area contributed by atoms with E-state index in [1.165, 1.54) is 6.26 Å². The van der Waals surface area contributed by atoms with Crippen molar-refractivity contribution >= 4 is 65.8 Å². The van der Waals surface area contributed by atoms with E-state index in [9.17, 15) is 18.0 Å². The number of hydrogen-bond acceptors (Lipinski definition) is 12. The highest BCUT2D eigenvalue weighted by Crippen LogP contribution is 2.37. The molecule has 7 rings (SSSR count). The molecular weight excluding hydrogens is 814 g/mol. The van der Waals surface area contributed by atoms with Crippen LogP contribution >= 0.6 is 11.6 Å². The summed E-state index contributed by atoms with van der Waals surface area (Å²) in [5.74, 6) is 0.957. The number of aromatic amines is 1. The van der Waals surface area contributed by atoms with Gasteiger partial charge in [-0.2, -0.15) is 0 Å². The minimum atomic E-state index is -2.75.